The van der Waals surface area contributed by atoms with Gasteiger partial charge in [-0.3, -0.25) is 4.79 Å². The van der Waals surface area contributed by atoms with Gasteiger partial charge in [0.05, 0.1) is 19.5 Å². The Bertz CT molecular complexity index is 695. The second kappa shape index (κ2) is 8.39. The lowest BCUT2D eigenvalue weighted by Crippen LogP contribution is -2.30. The third-order valence-corrected chi connectivity index (χ3v) is 4.01. The Morgan fingerprint density at radius 1 is 1.33 bits per heavy atom. The van der Waals surface area contributed by atoms with E-state index >= 15 is 0 Å². The summed E-state index contributed by atoms with van der Waals surface area (Å²) < 4.78 is 16.1. The highest BCUT2D eigenvalue weighted by Crippen LogP contribution is 2.31. The number of carbonyl (C=O) groups excluding carboxylic acids is 1. The van der Waals surface area contributed by atoms with Crippen molar-refractivity contribution >= 4 is 17.7 Å². The van der Waals surface area contributed by atoms with Crippen LogP contribution in [-0.4, -0.2) is 42.1 Å². The van der Waals surface area contributed by atoms with Crippen LogP contribution < -0.4 is 14.8 Å². The first kappa shape index (κ1) is 17.9. The summed E-state index contributed by atoms with van der Waals surface area (Å²) in [6.07, 6.45) is 1.62. The van der Waals surface area contributed by atoms with Crippen LogP contribution in [0.1, 0.15) is 6.92 Å². The maximum Gasteiger partial charge on any atom is 0.277 e. The molecule has 8 heteroatoms. The molecule has 0 aliphatic rings. The number of hydrogen-bond donors (Lipinski definition) is 1. The maximum atomic E-state index is 11.8. The van der Waals surface area contributed by atoms with Crippen molar-refractivity contribution in [2.24, 2.45) is 0 Å². The number of ether oxygens (including phenoxy) is 2. The van der Waals surface area contributed by atoms with Gasteiger partial charge in [0.1, 0.15) is 11.5 Å². The van der Waals surface area contributed by atoms with Crippen molar-refractivity contribution < 1.29 is 18.7 Å². The average molecular weight is 349 g/mol. The number of thioether (sulfide) groups is 1. The van der Waals surface area contributed by atoms with Crippen molar-refractivity contribution in [1.82, 2.24) is 15.5 Å². The minimum Gasteiger partial charge on any atom is -0.497 e. The molecule has 0 spiro atoms. The second-order valence-corrected chi connectivity index (χ2v) is 6.06. The molecule has 7 nitrogen and oxygen atoms in total. The number of nitrogens with zero attached hydrogens (tertiary/aromatic N) is 2. The van der Waals surface area contributed by atoms with Crippen molar-refractivity contribution in [3.05, 3.63) is 30.9 Å². The summed E-state index contributed by atoms with van der Waals surface area (Å²) in [6.45, 7) is 5.74. The van der Waals surface area contributed by atoms with Gasteiger partial charge in [-0.15, -0.1) is 16.8 Å². The van der Waals surface area contributed by atoms with Gasteiger partial charge in [-0.05, 0) is 19.1 Å². The molecule has 24 heavy (non-hydrogen) atoms. The summed E-state index contributed by atoms with van der Waals surface area (Å²) in [7, 11) is 3.13. The van der Waals surface area contributed by atoms with Crippen molar-refractivity contribution in [3.63, 3.8) is 0 Å². The average Bonchev–Trinajstić information content (AvgIpc) is 3.07. The van der Waals surface area contributed by atoms with Crippen LogP contribution in [0.15, 0.2) is 40.5 Å². The fraction of sp³-hybridized carbons (Fsp3) is 0.312. The minimum atomic E-state index is -0.363. The molecule has 1 N–H and O–H groups in total. The number of hydrogen-bond acceptors (Lipinski definition) is 7. The largest absolute Gasteiger partial charge is 0.497 e. The molecular weight excluding hydrogens is 330 g/mol. The SMILES string of the molecule is C=CCNC(=O)[C@@H](C)Sc1nnc(-c2cc(OC)cc(OC)c2)o1. The topological polar surface area (TPSA) is 86.5 Å². The molecule has 0 radical (unpaired) electrons. The molecule has 1 aromatic carbocycles. The first-order chi connectivity index (χ1) is 11.6. The molecule has 1 aromatic heterocycles. The van der Waals surface area contributed by atoms with Crippen LogP contribution >= 0.6 is 11.8 Å². The van der Waals surface area contributed by atoms with E-state index in [9.17, 15) is 4.79 Å². The molecule has 1 atom stereocenters. The third kappa shape index (κ3) is 4.51. The molecule has 0 unspecified atom stereocenters. The normalized spacial score (nSPS) is 11.6. The Labute approximate surface area is 144 Å². The van der Waals surface area contributed by atoms with Crippen molar-refractivity contribution in [2.75, 3.05) is 20.8 Å². The van der Waals surface area contributed by atoms with Crippen LogP contribution in [0.3, 0.4) is 0 Å². The van der Waals surface area contributed by atoms with E-state index in [1.807, 2.05) is 0 Å². The highest BCUT2D eigenvalue weighted by molar-refractivity contribution is 8.00. The predicted molar refractivity (Wildman–Crippen MR) is 91.4 cm³/mol. The molecule has 128 valence electrons. The summed E-state index contributed by atoms with van der Waals surface area (Å²) >= 11 is 1.19. The van der Waals surface area contributed by atoms with Crippen molar-refractivity contribution in [3.8, 4) is 23.0 Å². The summed E-state index contributed by atoms with van der Waals surface area (Å²) in [5, 5.41) is 10.7. The zero-order valence-corrected chi connectivity index (χ0v) is 14.6. The first-order valence-electron chi connectivity index (χ1n) is 7.19. The van der Waals surface area contributed by atoms with E-state index in [0.717, 1.165) is 0 Å². The highest BCUT2D eigenvalue weighted by Gasteiger charge is 2.18. The van der Waals surface area contributed by atoms with Crippen LogP contribution in [0.25, 0.3) is 11.5 Å². The number of benzene rings is 1. The Morgan fingerprint density at radius 3 is 2.58 bits per heavy atom. The summed E-state index contributed by atoms with van der Waals surface area (Å²) in [4.78, 5) is 11.8. The van der Waals surface area contributed by atoms with E-state index in [1.54, 1.807) is 45.4 Å². The lowest BCUT2D eigenvalue weighted by molar-refractivity contribution is -0.120. The van der Waals surface area contributed by atoms with E-state index in [-0.39, 0.29) is 11.2 Å². The maximum absolute atomic E-state index is 11.8. The summed E-state index contributed by atoms with van der Waals surface area (Å²) in [5.41, 5.74) is 0.675. The monoisotopic (exact) mass is 349 g/mol. The Morgan fingerprint density at radius 2 is 2.00 bits per heavy atom. The van der Waals surface area contributed by atoms with E-state index < -0.39 is 0 Å². The van der Waals surface area contributed by atoms with Gasteiger partial charge in [0.25, 0.3) is 5.22 Å². The molecule has 0 saturated carbocycles. The second-order valence-electron chi connectivity index (χ2n) is 4.77. The molecule has 1 heterocycles. The van der Waals surface area contributed by atoms with E-state index in [1.165, 1.54) is 11.8 Å². The van der Waals surface area contributed by atoms with Crippen LogP contribution in [0.2, 0.25) is 0 Å². The zero-order chi connectivity index (χ0) is 17.5. The summed E-state index contributed by atoms with van der Waals surface area (Å²) in [5.74, 6) is 1.44. The van der Waals surface area contributed by atoms with Gasteiger partial charge in [0, 0.05) is 18.2 Å². The van der Waals surface area contributed by atoms with E-state index in [2.05, 4.69) is 22.1 Å². The Balaban J connectivity index is 2.13. The molecule has 0 aliphatic carbocycles. The molecule has 0 saturated heterocycles. The third-order valence-electron chi connectivity index (χ3n) is 3.07. The number of carbonyl (C=O) groups is 1. The minimum absolute atomic E-state index is 0.123. The Hall–Kier alpha value is -2.48. The van der Waals surface area contributed by atoms with Gasteiger partial charge >= 0.3 is 0 Å². The molecule has 0 bridgehead atoms. The first-order valence-corrected chi connectivity index (χ1v) is 8.07. The number of rotatable bonds is 8. The van der Waals surface area contributed by atoms with Crippen molar-refractivity contribution in [1.29, 1.82) is 0 Å². The van der Waals surface area contributed by atoms with Gasteiger partial charge in [0.15, 0.2) is 0 Å². The van der Waals surface area contributed by atoms with Crippen LogP contribution in [-0.2, 0) is 4.79 Å². The van der Waals surface area contributed by atoms with Gasteiger partial charge in [-0.1, -0.05) is 17.8 Å². The molecule has 2 rings (SSSR count). The van der Waals surface area contributed by atoms with Crippen LogP contribution in [0.4, 0.5) is 0 Å². The van der Waals surface area contributed by atoms with E-state index in [4.69, 9.17) is 13.9 Å². The number of methoxy groups -OCH3 is 2. The highest BCUT2D eigenvalue weighted by atomic mass is 32.2. The molecule has 0 aliphatic heterocycles. The van der Waals surface area contributed by atoms with Gasteiger partial charge < -0.3 is 19.2 Å². The fourth-order valence-electron chi connectivity index (χ4n) is 1.83. The molecule has 0 fully saturated rings. The standard InChI is InChI=1S/C16H19N3O4S/c1-5-6-17-14(20)10(2)24-16-19-18-15(23-16)11-7-12(21-3)9-13(8-11)22-4/h5,7-10H,1,6H2,2-4H3,(H,17,20)/t10-/m1/s1. The number of aromatic nitrogens is 2. The van der Waals surface area contributed by atoms with Gasteiger partial charge in [-0.25, -0.2) is 0 Å². The molecular formula is C16H19N3O4S. The number of nitrogens with one attached hydrogen (secondary N) is 1. The lowest BCUT2D eigenvalue weighted by atomic mass is 10.2. The van der Waals surface area contributed by atoms with Crippen LogP contribution in [0.5, 0.6) is 11.5 Å². The van der Waals surface area contributed by atoms with Gasteiger partial charge in [-0.2, -0.15) is 0 Å². The lowest BCUT2D eigenvalue weighted by Gasteiger charge is -2.07. The molecule has 1 amide bonds. The Kier molecular flexibility index (Phi) is 6.25. The van der Waals surface area contributed by atoms with Gasteiger partial charge in [0.2, 0.25) is 11.8 Å². The number of amides is 1. The van der Waals surface area contributed by atoms with Crippen molar-refractivity contribution in [2.45, 2.75) is 17.4 Å². The zero-order valence-electron chi connectivity index (χ0n) is 13.7. The smallest absolute Gasteiger partial charge is 0.277 e. The fourth-order valence-corrected chi connectivity index (χ4v) is 2.53. The summed E-state index contributed by atoms with van der Waals surface area (Å²) in [6, 6.07) is 5.29. The molecule has 2 aromatic rings. The van der Waals surface area contributed by atoms with Crippen LogP contribution in [0, 0.1) is 0 Å². The predicted octanol–water partition coefficient (Wildman–Crippen LogP) is 2.54. The quantitative estimate of drug-likeness (QED) is 0.579. The van der Waals surface area contributed by atoms with E-state index in [0.29, 0.717) is 34.7 Å².